The van der Waals surface area contributed by atoms with Gasteiger partial charge in [0, 0.05) is 17.0 Å². The molecule has 156 valence electrons. The molecule has 3 atom stereocenters. The van der Waals surface area contributed by atoms with E-state index in [9.17, 15) is 4.79 Å². The number of nitriles is 1. The molecule has 1 N–H and O–H groups in total. The summed E-state index contributed by atoms with van der Waals surface area (Å²) in [5.41, 5.74) is 2.00. The summed E-state index contributed by atoms with van der Waals surface area (Å²) >= 11 is 0. The minimum atomic E-state index is -0.0663. The zero-order valence-electron chi connectivity index (χ0n) is 17.4. The normalized spacial score (nSPS) is 24.8. The van der Waals surface area contributed by atoms with E-state index in [1.54, 1.807) is 30.5 Å². The molecule has 0 aliphatic heterocycles. The number of carbonyl (C=O) groups excluding carboxylic acids is 1. The van der Waals surface area contributed by atoms with Crippen molar-refractivity contribution in [2.45, 2.75) is 38.3 Å². The monoisotopic (exact) mass is 412 g/mol. The first kappa shape index (κ1) is 19.5. The molecule has 0 radical (unpaired) electrons. The standard InChI is InChI=1S/C25H24N4O2/c1-2-21(28-25(30)16-9-7-15(13-26)8-10-16)24-19-11-17(12-20(19)24)31-23-14-27-29-22-6-4-3-5-18(22)23/h3-10,14,17,19-21,24H,2,11-12H2,1H3,(H,28,30). The van der Waals surface area contributed by atoms with Gasteiger partial charge in [0.2, 0.25) is 0 Å². The topological polar surface area (TPSA) is 87.9 Å². The molecule has 3 aromatic rings. The van der Waals surface area contributed by atoms with E-state index in [2.05, 4.69) is 28.5 Å². The summed E-state index contributed by atoms with van der Waals surface area (Å²) in [4.78, 5) is 12.7. The largest absolute Gasteiger partial charge is 0.488 e. The van der Waals surface area contributed by atoms with Gasteiger partial charge in [0.15, 0.2) is 0 Å². The number of carbonyl (C=O) groups is 1. The number of hydrogen-bond donors (Lipinski definition) is 1. The quantitative estimate of drug-likeness (QED) is 0.658. The number of nitrogens with zero attached hydrogens (tertiary/aromatic N) is 3. The molecule has 0 spiro atoms. The molecular formula is C25H24N4O2. The van der Waals surface area contributed by atoms with E-state index < -0.39 is 0 Å². The van der Waals surface area contributed by atoms with Gasteiger partial charge in [-0.3, -0.25) is 4.79 Å². The Morgan fingerprint density at radius 1 is 1.19 bits per heavy atom. The summed E-state index contributed by atoms with van der Waals surface area (Å²) < 4.78 is 6.31. The van der Waals surface area contributed by atoms with E-state index in [-0.39, 0.29) is 18.1 Å². The molecule has 5 rings (SSSR count). The number of rotatable bonds is 6. The van der Waals surface area contributed by atoms with E-state index in [4.69, 9.17) is 10.00 Å². The van der Waals surface area contributed by atoms with Gasteiger partial charge in [-0.2, -0.15) is 15.5 Å². The molecule has 0 saturated heterocycles. The van der Waals surface area contributed by atoms with Crippen molar-refractivity contribution in [3.8, 4) is 11.8 Å². The Balaban J connectivity index is 1.19. The van der Waals surface area contributed by atoms with Crippen LogP contribution in [0.3, 0.4) is 0 Å². The number of aromatic nitrogens is 2. The van der Waals surface area contributed by atoms with Crippen LogP contribution in [0.1, 0.15) is 42.1 Å². The molecule has 2 aliphatic carbocycles. The van der Waals surface area contributed by atoms with Gasteiger partial charge in [-0.1, -0.05) is 19.1 Å². The molecule has 1 aromatic heterocycles. The van der Waals surface area contributed by atoms with Crippen LogP contribution in [0.2, 0.25) is 0 Å². The fourth-order valence-corrected chi connectivity index (χ4v) is 5.21. The minimum absolute atomic E-state index is 0.0663. The van der Waals surface area contributed by atoms with Gasteiger partial charge in [0.1, 0.15) is 5.75 Å². The van der Waals surface area contributed by atoms with E-state index in [0.717, 1.165) is 35.9 Å². The van der Waals surface area contributed by atoms with E-state index in [1.165, 1.54) is 0 Å². The second-order valence-electron chi connectivity index (χ2n) is 8.52. The van der Waals surface area contributed by atoms with Crippen molar-refractivity contribution < 1.29 is 9.53 Å². The van der Waals surface area contributed by atoms with Gasteiger partial charge < -0.3 is 10.1 Å². The number of amides is 1. The van der Waals surface area contributed by atoms with Gasteiger partial charge in [-0.05, 0) is 73.4 Å². The second-order valence-corrected chi connectivity index (χ2v) is 8.52. The van der Waals surface area contributed by atoms with Crippen LogP contribution in [-0.2, 0) is 0 Å². The average Bonchev–Trinajstić information content (AvgIpc) is 3.30. The lowest BCUT2D eigenvalue weighted by Gasteiger charge is -2.22. The van der Waals surface area contributed by atoms with Gasteiger partial charge in [0.05, 0.1) is 29.5 Å². The molecular weight excluding hydrogens is 388 g/mol. The van der Waals surface area contributed by atoms with Crippen LogP contribution in [-0.4, -0.2) is 28.3 Å². The predicted molar refractivity (Wildman–Crippen MR) is 116 cm³/mol. The SMILES string of the molecule is CCC(NC(=O)c1ccc(C#N)cc1)C1C2CC(Oc3cnnc4ccccc34)CC21. The van der Waals surface area contributed by atoms with Crippen LogP contribution >= 0.6 is 0 Å². The van der Waals surface area contributed by atoms with Gasteiger partial charge in [0.25, 0.3) is 5.91 Å². The molecule has 2 aromatic carbocycles. The fraction of sp³-hybridized carbons (Fsp3) is 0.360. The van der Waals surface area contributed by atoms with Crippen LogP contribution in [0.4, 0.5) is 0 Å². The Hall–Kier alpha value is -3.46. The summed E-state index contributed by atoms with van der Waals surface area (Å²) in [6.07, 6.45) is 4.82. The van der Waals surface area contributed by atoms with E-state index in [1.807, 2.05) is 24.3 Å². The highest BCUT2D eigenvalue weighted by Crippen LogP contribution is 2.60. The van der Waals surface area contributed by atoms with Crippen molar-refractivity contribution in [3.63, 3.8) is 0 Å². The Kier molecular flexibility index (Phi) is 5.03. The summed E-state index contributed by atoms with van der Waals surface area (Å²) in [6, 6.07) is 16.9. The number of fused-ring (bicyclic) bond motifs is 2. The van der Waals surface area contributed by atoms with Crippen molar-refractivity contribution in [3.05, 3.63) is 65.9 Å². The summed E-state index contributed by atoms with van der Waals surface area (Å²) in [5, 5.41) is 21.4. The molecule has 2 saturated carbocycles. The lowest BCUT2D eigenvalue weighted by molar-refractivity contribution is 0.0924. The molecule has 1 amide bonds. The molecule has 31 heavy (non-hydrogen) atoms. The predicted octanol–water partition coefficient (Wildman–Crippen LogP) is 4.11. The summed E-state index contributed by atoms with van der Waals surface area (Å²) in [6.45, 7) is 2.13. The minimum Gasteiger partial charge on any atom is -0.488 e. The van der Waals surface area contributed by atoms with Gasteiger partial charge >= 0.3 is 0 Å². The van der Waals surface area contributed by atoms with Crippen molar-refractivity contribution >= 4 is 16.8 Å². The second kappa shape index (κ2) is 7.99. The zero-order chi connectivity index (χ0) is 21.4. The first-order valence-corrected chi connectivity index (χ1v) is 10.9. The molecule has 3 unspecified atom stereocenters. The Morgan fingerprint density at radius 2 is 1.94 bits per heavy atom. The summed E-state index contributed by atoms with van der Waals surface area (Å²) in [7, 11) is 0. The number of ether oxygens (including phenoxy) is 1. The number of benzene rings is 2. The van der Waals surface area contributed by atoms with Crippen LogP contribution in [0.15, 0.2) is 54.7 Å². The molecule has 2 aliphatic rings. The molecule has 0 bridgehead atoms. The molecule has 6 nitrogen and oxygen atoms in total. The third kappa shape index (κ3) is 3.72. The van der Waals surface area contributed by atoms with E-state index >= 15 is 0 Å². The highest BCUT2D eigenvalue weighted by molar-refractivity contribution is 5.94. The lowest BCUT2D eigenvalue weighted by atomic mass is 10.00. The smallest absolute Gasteiger partial charge is 0.251 e. The van der Waals surface area contributed by atoms with E-state index in [0.29, 0.717) is 28.9 Å². The highest BCUT2D eigenvalue weighted by Gasteiger charge is 2.59. The van der Waals surface area contributed by atoms with Crippen molar-refractivity contribution in [1.29, 1.82) is 5.26 Å². The van der Waals surface area contributed by atoms with Crippen LogP contribution in [0.5, 0.6) is 5.75 Å². The Morgan fingerprint density at radius 3 is 2.65 bits per heavy atom. The number of hydrogen-bond acceptors (Lipinski definition) is 5. The maximum absolute atomic E-state index is 12.7. The Labute approximate surface area is 181 Å². The average molecular weight is 412 g/mol. The molecule has 1 heterocycles. The Bertz CT molecular complexity index is 1140. The number of nitrogens with one attached hydrogen (secondary N) is 1. The van der Waals surface area contributed by atoms with Crippen molar-refractivity contribution in [2.75, 3.05) is 0 Å². The van der Waals surface area contributed by atoms with Crippen LogP contribution < -0.4 is 10.1 Å². The van der Waals surface area contributed by atoms with Crippen molar-refractivity contribution in [1.82, 2.24) is 15.5 Å². The zero-order valence-corrected chi connectivity index (χ0v) is 17.4. The molecule has 6 heteroatoms. The van der Waals surface area contributed by atoms with Crippen LogP contribution in [0.25, 0.3) is 10.9 Å². The maximum atomic E-state index is 12.7. The fourth-order valence-electron chi connectivity index (χ4n) is 5.21. The maximum Gasteiger partial charge on any atom is 0.251 e. The van der Waals surface area contributed by atoms with Crippen LogP contribution in [0, 0.1) is 29.1 Å². The first-order chi connectivity index (χ1) is 15.2. The molecule has 2 fully saturated rings. The third-order valence-electron chi connectivity index (χ3n) is 6.77. The van der Waals surface area contributed by atoms with Crippen molar-refractivity contribution in [2.24, 2.45) is 17.8 Å². The van der Waals surface area contributed by atoms with Gasteiger partial charge in [-0.25, -0.2) is 0 Å². The first-order valence-electron chi connectivity index (χ1n) is 10.9. The highest BCUT2D eigenvalue weighted by atomic mass is 16.5. The third-order valence-corrected chi connectivity index (χ3v) is 6.77. The summed E-state index contributed by atoms with van der Waals surface area (Å²) in [5.74, 6) is 2.44. The van der Waals surface area contributed by atoms with Gasteiger partial charge in [-0.15, -0.1) is 0 Å². The lowest BCUT2D eigenvalue weighted by Crippen LogP contribution is -2.37.